The van der Waals surface area contributed by atoms with Crippen molar-refractivity contribution >= 4 is 15.7 Å². The van der Waals surface area contributed by atoms with Gasteiger partial charge in [0.15, 0.2) is 16.6 Å². The molecule has 0 radical (unpaired) electrons. The maximum absolute atomic E-state index is 11.5. The highest BCUT2D eigenvalue weighted by Crippen LogP contribution is 2.07. The lowest BCUT2D eigenvalue weighted by atomic mass is 10.1. The van der Waals surface area contributed by atoms with Crippen molar-refractivity contribution in [1.29, 1.82) is 0 Å². The molecule has 0 unspecified atom stereocenters. The summed E-state index contributed by atoms with van der Waals surface area (Å²) in [6.07, 6.45) is 1.16. The Labute approximate surface area is 106 Å². The van der Waals surface area contributed by atoms with E-state index in [1.807, 2.05) is 0 Å². The van der Waals surface area contributed by atoms with Crippen molar-refractivity contribution < 1.29 is 22.8 Å². The smallest absolute Gasteiger partial charge is 0.274 e. The maximum Gasteiger partial charge on any atom is 0.274 e. The largest absolute Gasteiger partial charge is 0.356 e. The number of hydrogen-bond donors (Lipinski definition) is 1. The van der Waals surface area contributed by atoms with Crippen LogP contribution < -0.4 is 5.48 Å². The fourth-order valence-electron chi connectivity index (χ4n) is 1.27. The van der Waals surface area contributed by atoms with Crippen molar-refractivity contribution in [2.75, 3.05) is 20.2 Å². The minimum atomic E-state index is -3.07. The van der Waals surface area contributed by atoms with Gasteiger partial charge < -0.3 is 4.74 Å². The highest BCUT2D eigenvalue weighted by Gasteiger charge is 2.07. The van der Waals surface area contributed by atoms with Crippen LogP contribution in [0.1, 0.15) is 15.9 Å². The summed E-state index contributed by atoms with van der Waals surface area (Å²) in [5, 5.41) is 0. The first kappa shape index (κ1) is 14.6. The summed E-state index contributed by atoms with van der Waals surface area (Å²) in [6, 6.07) is 6.25. The van der Waals surface area contributed by atoms with Gasteiger partial charge in [-0.1, -0.05) is 12.1 Å². The summed E-state index contributed by atoms with van der Waals surface area (Å²) >= 11 is 0. The number of sulfone groups is 1. The number of carbonyl (C=O) groups excluding carboxylic acids is 1. The van der Waals surface area contributed by atoms with Gasteiger partial charge in [0.1, 0.15) is 0 Å². The third-order valence-corrected chi connectivity index (χ3v) is 2.84. The van der Waals surface area contributed by atoms with Crippen LogP contribution in [0.25, 0.3) is 0 Å². The van der Waals surface area contributed by atoms with Crippen molar-refractivity contribution in [2.24, 2.45) is 0 Å². The predicted molar refractivity (Wildman–Crippen MR) is 65.4 cm³/mol. The molecule has 0 aliphatic heterocycles. The molecule has 0 saturated carbocycles. The Hall–Kier alpha value is -1.44. The molecule has 100 valence electrons. The van der Waals surface area contributed by atoms with Crippen LogP contribution >= 0.6 is 0 Å². The zero-order valence-corrected chi connectivity index (χ0v) is 11.0. The molecule has 18 heavy (non-hydrogen) atoms. The van der Waals surface area contributed by atoms with Gasteiger partial charge in [0, 0.05) is 18.9 Å². The molecule has 1 aromatic carbocycles. The molecule has 6 nitrogen and oxygen atoms in total. The quantitative estimate of drug-likeness (QED) is 0.463. The Morgan fingerprint density at radius 3 is 2.39 bits per heavy atom. The van der Waals surface area contributed by atoms with E-state index in [9.17, 15) is 13.2 Å². The van der Waals surface area contributed by atoms with Crippen LogP contribution in [0.15, 0.2) is 24.3 Å². The molecule has 0 heterocycles. The van der Waals surface area contributed by atoms with E-state index in [2.05, 4.69) is 10.2 Å². The number of methoxy groups -OCH3 is 1. The first-order valence-corrected chi connectivity index (χ1v) is 7.16. The monoisotopic (exact) mass is 273 g/mol. The number of hydrogen-bond acceptors (Lipinski definition) is 5. The second-order valence-corrected chi connectivity index (χ2v) is 5.89. The lowest BCUT2D eigenvalue weighted by Crippen LogP contribution is -2.24. The van der Waals surface area contributed by atoms with Crippen LogP contribution in [0, 0.1) is 0 Å². The Morgan fingerprint density at radius 1 is 1.28 bits per heavy atom. The Bertz CT molecular complexity index is 495. The van der Waals surface area contributed by atoms with Crippen molar-refractivity contribution in [3.8, 4) is 0 Å². The van der Waals surface area contributed by atoms with E-state index in [1.165, 1.54) is 19.2 Å². The maximum atomic E-state index is 11.5. The van der Waals surface area contributed by atoms with E-state index >= 15 is 0 Å². The van der Waals surface area contributed by atoms with Gasteiger partial charge >= 0.3 is 0 Å². The minimum Gasteiger partial charge on any atom is -0.356 e. The van der Waals surface area contributed by atoms with Crippen molar-refractivity contribution in [3.63, 3.8) is 0 Å². The number of nitrogens with one attached hydrogen (secondary N) is 1. The molecule has 0 saturated heterocycles. The fourth-order valence-corrected chi connectivity index (χ4v) is 2.07. The lowest BCUT2D eigenvalue weighted by molar-refractivity contribution is -0.0704. The zero-order valence-electron chi connectivity index (χ0n) is 10.2. The summed E-state index contributed by atoms with van der Waals surface area (Å²) in [5.74, 6) is -0.465. The first-order chi connectivity index (χ1) is 8.42. The minimum absolute atomic E-state index is 0.0437. The number of ether oxygens (including phenoxy) is 1. The third kappa shape index (κ3) is 5.26. The first-order valence-electron chi connectivity index (χ1n) is 5.10. The summed E-state index contributed by atoms with van der Waals surface area (Å²) in [5.41, 5.74) is 3.19. The number of rotatable bonds is 6. The molecule has 0 fully saturated rings. The molecule has 1 amide bonds. The van der Waals surface area contributed by atoms with Gasteiger partial charge in [-0.3, -0.25) is 4.79 Å². The van der Waals surface area contributed by atoms with Gasteiger partial charge in [-0.15, -0.1) is 0 Å². The number of carbonyl (C=O) groups is 1. The SMILES string of the molecule is COCONC(=O)c1ccc(CS(C)(=O)=O)cc1. The van der Waals surface area contributed by atoms with Crippen LogP contribution in [0.5, 0.6) is 0 Å². The zero-order chi connectivity index (χ0) is 13.6. The van der Waals surface area contributed by atoms with Crippen molar-refractivity contribution in [2.45, 2.75) is 5.75 Å². The molecule has 0 atom stereocenters. The summed E-state index contributed by atoms with van der Waals surface area (Å²) in [7, 11) is -1.63. The Morgan fingerprint density at radius 2 is 1.89 bits per heavy atom. The molecule has 1 aromatic rings. The van der Waals surface area contributed by atoms with Gasteiger partial charge in [0.2, 0.25) is 0 Å². The third-order valence-electron chi connectivity index (χ3n) is 1.99. The molecular formula is C11H15NO5S. The Kier molecular flexibility index (Phi) is 5.26. The molecular weight excluding hydrogens is 258 g/mol. The number of hydroxylamine groups is 1. The molecule has 1 N–H and O–H groups in total. The van der Waals surface area contributed by atoms with Crippen LogP contribution in [0.2, 0.25) is 0 Å². The van der Waals surface area contributed by atoms with Crippen LogP contribution in [0.3, 0.4) is 0 Å². The highest BCUT2D eigenvalue weighted by molar-refractivity contribution is 7.89. The average Bonchev–Trinajstić information content (AvgIpc) is 2.28. The van der Waals surface area contributed by atoms with E-state index < -0.39 is 15.7 Å². The molecule has 0 aromatic heterocycles. The van der Waals surface area contributed by atoms with Crippen molar-refractivity contribution in [1.82, 2.24) is 5.48 Å². The summed E-state index contributed by atoms with van der Waals surface area (Å²) in [4.78, 5) is 16.2. The van der Waals surface area contributed by atoms with Gasteiger partial charge in [-0.05, 0) is 17.7 Å². The van der Waals surface area contributed by atoms with Crippen LogP contribution in [-0.2, 0) is 25.2 Å². The molecule has 0 aliphatic rings. The van der Waals surface area contributed by atoms with E-state index in [1.54, 1.807) is 12.1 Å². The molecule has 0 aliphatic carbocycles. The molecule has 1 rings (SSSR count). The van der Waals surface area contributed by atoms with Crippen LogP contribution in [0.4, 0.5) is 0 Å². The van der Waals surface area contributed by atoms with Gasteiger partial charge in [-0.2, -0.15) is 0 Å². The fraction of sp³-hybridized carbons (Fsp3) is 0.364. The van der Waals surface area contributed by atoms with Crippen LogP contribution in [-0.4, -0.2) is 34.5 Å². The van der Waals surface area contributed by atoms with Gasteiger partial charge in [-0.25, -0.2) is 18.7 Å². The summed E-state index contributed by atoms with van der Waals surface area (Å²) < 4.78 is 26.8. The van der Waals surface area contributed by atoms with Gasteiger partial charge in [0.05, 0.1) is 5.75 Å². The van der Waals surface area contributed by atoms with E-state index in [-0.39, 0.29) is 12.5 Å². The molecule has 7 heteroatoms. The summed E-state index contributed by atoms with van der Waals surface area (Å²) in [6.45, 7) is -0.0437. The Balaban J connectivity index is 2.62. The second-order valence-electron chi connectivity index (χ2n) is 3.75. The molecule has 0 spiro atoms. The topological polar surface area (TPSA) is 81.7 Å². The van der Waals surface area contributed by atoms with Gasteiger partial charge in [0.25, 0.3) is 5.91 Å². The standard InChI is InChI=1S/C11H15NO5S/c1-16-8-17-12-11(13)10-5-3-9(4-6-10)7-18(2,14)15/h3-6H,7-8H2,1-2H3,(H,12,13). The van der Waals surface area contributed by atoms with Crippen molar-refractivity contribution in [3.05, 3.63) is 35.4 Å². The van der Waals surface area contributed by atoms with E-state index in [4.69, 9.17) is 4.84 Å². The van der Waals surface area contributed by atoms with E-state index in [0.717, 1.165) is 6.26 Å². The second kappa shape index (κ2) is 6.48. The number of amides is 1. The normalized spacial score (nSPS) is 11.2. The predicted octanol–water partition coefficient (Wildman–Crippen LogP) is 0.497. The average molecular weight is 273 g/mol. The lowest BCUT2D eigenvalue weighted by Gasteiger charge is -2.05. The number of benzene rings is 1. The van der Waals surface area contributed by atoms with E-state index in [0.29, 0.717) is 11.1 Å². The highest BCUT2D eigenvalue weighted by atomic mass is 32.2. The molecule has 0 bridgehead atoms.